The van der Waals surface area contributed by atoms with Gasteiger partial charge in [0.2, 0.25) is 5.78 Å². The predicted molar refractivity (Wildman–Crippen MR) is 91.1 cm³/mol. The van der Waals surface area contributed by atoms with Gasteiger partial charge in [-0.05, 0) is 24.6 Å². The van der Waals surface area contributed by atoms with Crippen LogP contribution in [0, 0.1) is 6.92 Å². The van der Waals surface area contributed by atoms with E-state index >= 15 is 0 Å². The fourth-order valence-electron chi connectivity index (χ4n) is 3.21. The van der Waals surface area contributed by atoms with E-state index in [-0.39, 0.29) is 39.3 Å². The zero-order chi connectivity index (χ0) is 19.2. The summed E-state index contributed by atoms with van der Waals surface area (Å²) in [5, 5.41) is 9.48. The van der Waals surface area contributed by atoms with Crippen molar-refractivity contribution in [1.29, 1.82) is 0 Å². The zero-order valence-corrected chi connectivity index (χ0v) is 14.6. The molecule has 2 aromatic rings. The van der Waals surface area contributed by atoms with Gasteiger partial charge >= 0.3 is 5.97 Å². The van der Waals surface area contributed by atoms with Gasteiger partial charge in [-0.2, -0.15) is 0 Å². The van der Waals surface area contributed by atoms with Gasteiger partial charge in [0.05, 0.1) is 32.5 Å². The topological polar surface area (TPSA) is 99.1 Å². The minimum absolute atomic E-state index is 0.0595. The Morgan fingerprint density at radius 1 is 0.885 bits per heavy atom. The summed E-state index contributed by atoms with van der Waals surface area (Å²) in [4.78, 5) is 37.8. The Balaban J connectivity index is 2.40. The fraction of sp³-hybridized carbons (Fsp3) is 0.211. The minimum Gasteiger partial charge on any atom is -0.497 e. The van der Waals surface area contributed by atoms with Crippen molar-refractivity contribution in [1.82, 2.24) is 0 Å². The first-order valence-corrected chi connectivity index (χ1v) is 7.66. The molecular weight excluding hydrogens is 340 g/mol. The summed E-state index contributed by atoms with van der Waals surface area (Å²) in [5.74, 6) is -1.79. The number of rotatable bonds is 4. The first kappa shape index (κ1) is 17.5. The van der Waals surface area contributed by atoms with Crippen molar-refractivity contribution in [2.45, 2.75) is 6.92 Å². The Morgan fingerprint density at radius 3 is 2.08 bits per heavy atom. The Labute approximate surface area is 149 Å². The molecule has 134 valence electrons. The van der Waals surface area contributed by atoms with Crippen molar-refractivity contribution in [2.75, 3.05) is 21.3 Å². The maximum atomic E-state index is 13.2. The molecule has 0 saturated heterocycles. The Bertz CT molecular complexity index is 973. The molecule has 0 bridgehead atoms. The van der Waals surface area contributed by atoms with E-state index in [0.29, 0.717) is 11.3 Å². The molecule has 1 aliphatic rings. The molecule has 3 rings (SSSR count). The number of carbonyl (C=O) groups is 3. The van der Waals surface area contributed by atoms with Crippen LogP contribution in [0.5, 0.6) is 17.2 Å². The highest BCUT2D eigenvalue weighted by molar-refractivity contribution is 6.31. The predicted octanol–water partition coefficient (Wildman–Crippen LogP) is 2.49. The molecule has 1 aliphatic carbocycles. The second-order valence-corrected chi connectivity index (χ2v) is 5.74. The summed E-state index contributed by atoms with van der Waals surface area (Å²) in [5.41, 5.74) is 0.400. The van der Waals surface area contributed by atoms with E-state index in [4.69, 9.17) is 14.2 Å². The molecule has 7 nitrogen and oxygen atoms in total. The van der Waals surface area contributed by atoms with Gasteiger partial charge in [0.1, 0.15) is 22.8 Å². The first-order chi connectivity index (χ1) is 12.3. The summed E-state index contributed by atoms with van der Waals surface area (Å²) in [6.45, 7) is 1.55. The summed E-state index contributed by atoms with van der Waals surface area (Å²) >= 11 is 0. The van der Waals surface area contributed by atoms with E-state index in [2.05, 4.69) is 0 Å². The number of benzene rings is 2. The van der Waals surface area contributed by atoms with E-state index in [1.807, 2.05) is 0 Å². The Morgan fingerprint density at radius 2 is 1.54 bits per heavy atom. The van der Waals surface area contributed by atoms with Gasteiger partial charge in [-0.25, -0.2) is 4.79 Å². The number of aryl methyl sites for hydroxylation is 1. The van der Waals surface area contributed by atoms with Crippen LogP contribution in [0.3, 0.4) is 0 Å². The fourth-order valence-corrected chi connectivity index (χ4v) is 3.21. The lowest BCUT2D eigenvalue weighted by molar-refractivity contribution is 0.0692. The molecule has 7 heteroatoms. The van der Waals surface area contributed by atoms with Crippen molar-refractivity contribution in [3.05, 3.63) is 51.6 Å². The van der Waals surface area contributed by atoms with Gasteiger partial charge in [-0.3, -0.25) is 9.59 Å². The third-order valence-corrected chi connectivity index (χ3v) is 4.37. The SMILES string of the molecule is COc1cc(OC)c2c(c1)C(=O)c1cc(C)c(C(=O)O)c(OC)c1C2=O. The minimum atomic E-state index is -1.24. The van der Waals surface area contributed by atoms with Crippen molar-refractivity contribution < 1.29 is 33.7 Å². The van der Waals surface area contributed by atoms with Crippen LogP contribution >= 0.6 is 0 Å². The van der Waals surface area contributed by atoms with E-state index in [9.17, 15) is 19.5 Å². The molecule has 0 radical (unpaired) electrons. The average molecular weight is 356 g/mol. The third-order valence-electron chi connectivity index (χ3n) is 4.37. The molecule has 2 aromatic carbocycles. The van der Waals surface area contributed by atoms with E-state index in [0.717, 1.165) is 0 Å². The van der Waals surface area contributed by atoms with Crippen LogP contribution < -0.4 is 14.2 Å². The lowest BCUT2D eigenvalue weighted by Crippen LogP contribution is -2.24. The zero-order valence-electron chi connectivity index (χ0n) is 14.6. The maximum Gasteiger partial charge on any atom is 0.339 e. The van der Waals surface area contributed by atoms with Crippen molar-refractivity contribution in [3.8, 4) is 17.2 Å². The molecule has 0 heterocycles. The largest absolute Gasteiger partial charge is 0.497 e. The van der Waals surface area contributed by atoms with Crippen LogP contribution in [-0.4, -0.2) is 44.0 Å². The first-order valence-electron chi connectivity index (χ1n) is 7.66. The lowest BCUT2D eigenvalue weighted by atomic mass is 9.81. The van der Waals surface area contributed by atoms with Crippen LogP contribution in [0.25, 0.3) is 0 Å². The molecule has 0 aliphatic heterocycles. The van der Waals surface area contributed by atoms with Crippen molar-refractivity contribution in [2.24, 2.45) is 0 Å². The number of methoxy groups -OCH3 is 3. The molecular formula is C19H16O7. The summed E-state index contributed by atoms with van der Waals surface area (Å²) in [6, 6.07) is 4.36. The highest BCUT2D eigenvalue weighted by Crippen LogP contribution is 2.41. The monoisotopic (exact) mass is 356 g/mol. The quantitative estimate of drug-likeness (QED) is 0.767. The number of carboxylic acid groups (broad SMARTS) is 1. The van der Waals surface area contributed by atoms with Gasteiger partial charge in [0, 0.05) is 17.2 Å². The highest BCUT2D eigenvalue weighted by atomic mass is 16.5. The number of hydrogen-bond donors (Lipinski definition) is 1. The molecule has 1 N–H and O–H groups in total. The van der Waals surface area contributed by atoms with Crippen LogP contribution in [0.1, 0.15) is 47.8 Å². The number of hydrogen-bond acceptors (Lipinski definition) is 6. The molecule has 0 atom stereocenters. The molecule has 0 saturated carbocycles. The van der Waals surface area contributed by atoms with E-state index in [1.165, 1.54) is 39.5 Å². The number of carbonyl (C=O) groups excluding carboxylic acids is 2. The molecule has 0 amide bonds. The van der Waals surface area contributed by atoms with Gasteiger partial charge in [0.15, 0.2) is 5.78 Å². The Kier molecular flexibility index (Phi) is 4.15. The Hall–Kier alpha value is -3.35. The number of aromatic carboxylic acids is 1. The molecule has 0 spiro atoms. The van der Waals surface area contributed by atoms with Gasteiger partial charge in [-0.15, -0.1) is 0 Å². The molecule has 0 unspecified atom stereocenters. The van der Waals surface area contributed by atoms with Crippen molar-refractivity contribution in [3.63, 3.8) is 0 Å². The maximum absolute atomic E-state index is 13.2. The summed E-state index contributed by atoms with van der Waals surface area (Å²) < 4.78 is 15.6. The number of fused-ring (bicyclic) bond motifs is 2. The van der Waals surface area contributed by atoms with Crippen LogP contribution in [-0.2, 0) is 0 Å². The molecule has 26 heavy (non-hydrogen) atoms. The molecule has 0 aromatic heterocycles. The molecule has 0 fully saturated rings. The van der Waals surface area contributed by atoms with E-state index < -0.39 is 17.5 Å². The number of ketones is 2. The van der Waals surface area contributed by atoms with Gasteiger partial charge in [0.25, 0.3) is 0 Å². The summed E-state index contributed by atoms with van der Waals surface area (Å²) in [6.07, 6.45) is 0. The number of carboxylic acids is 1. The van der Waals surface area contributed by atoms with Gasteiger partial charge in [-0.1, -0.05) is 0 Å². The van der Waals surface area contributed by atoms with E-state index in [1.54, 1.807) is 6.92 Å². The highest BCUT2D eigenvalue weighted by Gasteiger charge is 2.38. The normalized spacial score (nSPS) is 12.3. The average Bonchev–Trinajstić information content (AvgIpc) is 2.63. The lowest BCUT2D eigenvalue weighted by Gasteiger charge is -2.23. The standard InChI is InChI=1S/C19H16O7/c1-8-5-10-15(18(26-4)13(8)19(22)23)17(21)14-11(16(10)20)6-9(24-2)7-12(14)25-3/h5-7H,1-4H3,(H,22,23). The second kappa shape index (κ2) is 6.18. The smallest absolute Gasteiger partial charge is 0.339 e. The summed E-state index contributed by atoms with van der Waals surface area (Å²) in [7, 11) is 4.08. The number of ether oxygens (including phenoxy) is 3. The van der Waals surface area contributed by atoms with Crippen LogP contribution in [0.15, 0.2) is 18.2 Å². The second-order valence-electron chi connectivity index (χ2n) is 5.74. The van der Waals surface area contributed by atoms with Gasteiger partial charge < -0.3 is 19.3 Å². The third kappa shape index (κ3) is 2.32. The van der Waals surface area contributed by atoms with Crippen LogP contribution in [0.2, 0.25) is 0 Å². The van der Waals surface area contributed by atoms with Crippen LogP contribution in [0.4, 0.5) is 0 Å². The van der Waals surface area contributed by atoms with Crippen molar-refractivity contribution >= 4 is 17.5 Å².